The van der Waals surface area contributed by atoms with Crippen molar-refractivity contribution < 1.29 is 17.9 Å². The highest BCUT2D eigenvalue weighted by molar-refractivity contribution is 9.10. The lowest BCUT2D eigenvalue weighted by atomic mass is 10.0. The summed E-state index contributed by atoms with van der Waals surface area (Å²) >= 11 is 9.24. The lowest BCUT2D eigenvalue weighted by Crippen LogP contribution is -2.43. The maximum Gasteiger partial charge on any atom is 0.243 e. The Bertz CT molecular complexity index is 906. The summed E-state index contributed by atoms with van der Waals surface area (Å²) in [4.78, 5) is 6.04. The molecule has 1 atom stereocenters. The van der Waals surface area contributed by atoms with Crippen molar-refractivity contribution in [1.29, 1.82) is 0 Å². The maximum atomic E-state index is 12.8. The second-order valence-corrected chi connectivity index (χ2v) is 9.24. The second kappa shape index (κ2) is 9.51. The number of nitrogens with zero attached hydrogens (tertiary/aromatic N) is 2. The molecule has 1 aliphatic rings. The van der Waals surface area contributed by atoms with Gasteiger partial charge < -0.3 is 9.47 Å². The highest BCUT2D eigenvalue weighted by Crippen LogP contribution is 2.26. The molecular formula is C18H21BrClN3O4S. The van der Waals surface area contributed by atoms with E-state index in [4.69, 9.17) is 21.1 Å². The van der Waals surface area contributed by atoms with E-state index in [-0.39, 0.29) is 22.6 Å². The number of hydrogen-bond donors (Lipinski definition) is 1. The van der Waals surface area contributed by atoms with Gasteiger partial charge in [-0.05, 0) is 39.7 Å². The molecule has 1 aliphatic heterocycles. The van der Waals surface area contributed by atoms with Gasteiger partial charge in [0.05, 0.1) is 20.3 Å². The SMILES string of the molecule is COc1ccc(C(CNS(=O)(=O)c2cc(Br)cnc2Cl)N2CCOCC2)cc1. The Hall–Kier alpha value is -1.23. The minimum atomic E-state index is -3.83. The minimum absolute atomic E-state index is 0.0565. The zero-order valence-electron chi connectivity index (χ0n) is 15.3. The molecule has 0 radical (unpaired) electrons. The molecule has 1 saturated heterocycles. The first kappa shape index (κ1) is 21.5. The number of methoxy groups -OCH3 is 1. The quantitative estimate of drug-likeness (QED) is 0.601. The van der Waals surface area contributed by atoms with Crippen molar-refractivity contribution in [1.82, 2.24) is 14.6 Å². The number of nitrogens with one attached hydrogen (secondary N) is 1. The Kier molecular flexibility index (Phi) is 7.30. The van der Waals surface area contributed by atoms with E-state index in [9.17, 15) is 8.42 Å². The number of ether oxygens (including phenoxy) is 2. The van der Waals surface area contributed by atoms with E-state index in [1.54, 1.807) is 7.11 Å². The molecule has 0 bridgehead atoms. The third-order valence-corrected chi connectivity index (χ3v) is 6.80. The van der Waals surface area contributed by atoms with Gasteiger partial charge in [-0.25, -0.2) is 18.1 Å². The van der Waals surface area contributed by atoms with Crippen LogP contribution in [0, 0.1) is 0 Å². The summed E-state index contributed by atoms with van der Waals surface area (Å²) in [5.74, 6) is 0.747. The van der Waals surface area contributed by atoms with Gasteiger partial charge in [0.1, 0.15) is 15.8 Å². The normalized spacial score (nSPS) is 16.7. The molecule has 7 nitrogen and oxygen atoms in total. The fraction of sp³-hybridized carbons (Fsp3) is 0.389. The average molecular weight is 491 g/mol. The summed E-state index contributed by atoms with van der Waals surface area (Å²) in [7, 11) is -2.22. The van der Waals surface area contributed by atoms with Crippen LogP contribution in [0.2, 0.25) is 5.15 Å². The van der Waals surface area contributed by atoms with Gasteiger partial charge in [-0.1, -0.05) is 23.7 Å². The van der Waals surface area contributed by atoms with Gasteiger partial charge in [0.25, 0.3) is 0 Å². The number of benzene rings is 1. The van der Waals surface area contributed by atoms with E-state index in [1.807, 2.05) is 24.3 Å². The minimum Gasteiger partial charge on any atom is -0.497 e. The highest BCUT2D eigenvalue weighted by atomic mass is 79.9. The molecule has 0 amide bonds. The molecule has 28 heavy (non-hydrogen) atoms. The zero-order chi connectivity index (χ0) is 20.1. The molecule has 0 aliphatic carbocycles. The van der Waals surface area contributed by atoms with Crippen molar-refractivity contribution in [2.24, 2.45) is 0 Å². The molecule has 1 aromatic carbocycles. The molecule has 2 aromatic rings. The Morgan fingerprint density at radius 3 is 2.64 bits per heavy atom. The van der Waals surface area contributed by atoms with Gasteiger partial charge >= 0.3 is 0 Å². The highest BCUT2D eigenvalue weighted by Gasteiger charge is 2.26. The molecule has 1 N–H and O–H groups in total. The van der Waals surface area contributed by atoms with Gasteiger partial charge in [0.2, 0.25) is 10.0 Å². The first-order chi connectivity index (χ1) is 13.4. The molecule has 0 saturated carbocycles. The van der Waals surface area contributed by atoms with E-state index in [1.165, 1.54) is 12.3 Å². The molecule has 1 fully saturated rings. The number of sulfonamides is 1. The van der Waals surface area contributed by atoms with Crippen LogP contribution in [0.1, 0.15) is 11.6 Å². The molecule has 0 spiro atoms. The lowest BCUT2D eigenvalue weighted by molar-refractivity contribution is 0.0172. The lowest BCUT2D eigenvalue weighted by Gasteiger charge is -2.35. The molecule has 10 heteroatoms. The van der Waals surface area contributed by atoms with Crippen molar-refractivity contribution in [2.45, 2.75) is 10.9 Å². The predicted molar refractivity (Wildman–Crippen MR) is 110 cm³/mol. The van der Waals surface area contributed by atoms with Gasteiger partial charge in [0, 0.05) is 36.3 Å². The monoisotopic (exact) mass is 489 g/mol. The topological polar surface area (TPSA) is 80.8 Å². The van der Waals surface area contributed by atoms with E-state index < -0.39 is 10.0 Å². The first-order valence-corrected chi connectivity index (χ1v) is 11.3. The number of rotatable bonds is 7. The fourth-order valence-electron chi connectivity index (χ4n) is 3.03. The molecule has 3 rings (SSSR count). The van der Waals surface area contributed by atoms with Crippen LogP contribution in [0.3, 0.4) is 0 Å². The van der Waals surface area contributed by atoms with Crippen LogP contribution < -0.4 is 9.46 Å². The second-order valence-electron chi connectivity index (χ2n) is 6.23. The van der Waals surface area contributed by atoms with Crippen molar-refractivity contribution in [3.8, 4) is 5.75 Å². The third-order valence-electron chi connectivity index (χ3n) is 4.52. The van der Waals surface area contributed by atoms with Gasteiger partial charge in [-0.15, -0.1) is 0 Å². The Balaban J connectivity index is 1.83. The zero-order valence-corrected chi connectivity index (χ0v) is 18.4. The van der Waals surface area contributed by atoms with Crippen LogP contribution in [0.5, 0.6) is 5.75 Å². The van der Waals surface area contributed by atoms with E-state index in [0.29, 0.717) is 17.7 Å². The number of halogens is 2. The predicted octanol–water partition coefficient (Wildman–Crippen LogP) is 2.86. The summed E-state index contributed by atoms with van der Waals surface area (Å²) in [5.41, 5.74) is 0.990. The van der Waals surface area contributed by atoms with Crippen molar-refractivity contribution in [3.63, 3.8) is 0 Å². The summed E-state index contributed by atoms with van der Waals surface area (Å²) in [6.45, 7) is 2.86. The summed E-state index contributed by atoms with van der Waals surface area (Å²) in [5, 5.41) is -0.0666. The van der Waals surface area contributed by atoms with Crippen molar-refractivity contribution in [3.05, 3.63) is 51.7 Å². The van der Waals surface area contributed by atoms with Gasteiger partial charge in [0.15, 0.2) is 0 Å². The maximum absolute atomic E-state index is 12.8. The van der Waals surface area contributed by atoms with Crippen LogP contribution in [0.25, 0.3) is 0 Å². The number of hydrogen-bond acceptors (Lipinski definition) is 6. The third kappa shape index (κ3) is 5.22. The molecule has 1 aromatic heterocycles. The standard InChI is InChI=1S/C18H21BrClN3O4S/c1-26-15-4-2-13(3-5-15)16(23-6-8-27-9-7-23)12-22-28(24,25)17-10-14(19)11-21-18(17)20/h2-5,10-11,16,22H,6-9,12H2,1H3. The van der Waals surface area contributed by atoms with Crippen LogP contribution in [-0.2, 0) is 14.8 Å². The summed E-state index contributed by atoms with van der Waals surface area (Å²) < 4.78 is 39.5. The van der Waals surface area contributed by atoms with Crippen molar-refractivity contribution >= 4 is 37.6 Å². The molecule has 1 unspecified atom stereocenters. The van der Waals surface area contributed by atoms with E-state index in [0.717, 1.165) is 24.4 Å². The van der Waals surface area contributed by atoms with Crippen molar-refractivity contribution in [2.75, 3.05) is 40.0 Å². The Labute approximate surface area is 178 Å². The van der Waals surface area contributed by atoms with Gasteiger partial charge in [-0.3, -0.25) is 4.90 Å². The summed E-state index contributed by atoms with van der Waals surface area (Å²) in [6.07, 6.45) is 1.45. The van der Waals surface area contributed by atoms with Gasteiger partial charge in [-0.2, -0.15) is 0 Å². The number of aromatic nitrogens is 1. The Morgan fingerprint density at radius 2 is 2.00 bits per heavy atom. The Morgan fingerprint density at radius 1 is 1.32 bits per heavy atom. The average Bonchev–Trinajstić information content (AvgIpc) is 2.71. The van der Waals surface area contributed by atoms with E-state index in [2.05, 4.69) is 30.5 Å². The molecule has 2 heterocycles. The van der Waals surface area contributed by atoms with Crippen LogP contribution in [0.15, 0.2) is 45.9 Å². The largest absolute Gasteiger partial charge is 0.497 e. The van der Waals surface area contributed by atoms with Crippen LogP contribution in [-0.4, -0.2) is 58.3 Å². The molecular weight excluding hydrogens is 470 g/mol. The smallest absolute Gasteiger partial charge is 0.243 e. The number of morpholine rings is 1. The first-order valence-electron chi connectivity index (χ1n) is 8.67. The van der Waals surface area contributed by atoms with E-state index >= 15 is 0 Å². The molecule has 152 valence electrons. The summed E-state index contributed by atoms with van der Waals surface area (Å²) in [6, 6.07) is 8.92. The fourth-order valence-corrected chi connectivity index (χ4v) is 5.01. The van der Waals surface area contributed by atoms with Crippen LogP contribution >= 0.6 is 27.5 Å². The van der Waals surface area contributed by atoms with Crippen LogP contribution in [0.4, 0.5) is 0 Å². The number of pyridine rings is 1.